The highest BCUT2D eigenvalue weighted by molar-refractivity contribution is 6.00. The van der Waals surface area contributed by atoms with Gasteiger partial charge in [-0.2, -0.15) is 0 Å². The van der Waals surface area contributed by atoms with E-state index in [2.05, 4.69) is 17.6 Å². The SMILES string of the molecule is C[C@@H]1CCCC[C@@H]1NC(=O)NC(=O)COC(=O)CN1C(=O)CCOc2ccccc21. The van der Waals surface area contributed by atoms with Crippen LogP contribution in [0.5, 0.6) is 5.75 Å². The Labute approximate surface area is 175 Å². The molecule has 0 unspecified atom stereocenters. The van der Waals surface area contributed by atoms with Crippen LogP contribution < -0.4 is 20.3 Å². The zero-order valence-corrected chi connectivity index (χ0v) is 17.0. The Morgan fingerprint density at radius 3 is 2.77 bits per heavy atom. The number of hydrogen-bond acceptors (Lipinski definition) is 6. The lowest BCUT2D eigenvalue weighted by Crippen LogP contribution is -2.48. The van der Waals surface area contributed by atoms with Gasteiger partial charge in [0.15, 0.2) is 6.61 Å². The van der Waals surface area contributed by atoms with Crippen LogP contribution in [0.1, 0.15) is 39.0 Å². The highest BCUT2D eigenvalue weighted by atomic mass is 16.5. The van der Waals surface area contributed by atoms with Crippen LogP contribution in [0.2, 0.25) is 0 Å². The highest BCUT2D eigenvalue weighted by Crippen LogP contribution is 2.30. The van der Waals surface area contributed by atoms with Gasteiger partial charge in [-0.1, -0.05) is 31.9 Å². The predicted molar refractivity (Wildman–Crippen MR) is 108 cm³/mol. The normalized spacial score (nSPS) is 21.0. The molecular formula is C21H27N3O6. The van der Waals surface area contributed by atoms with Gasteiger partial charge in [-0.3, -0.25) is 24.6 Å². The zero-order valence-electron chi connectivity index (χ0n) is 17.0. The Morgan fingerprint density at radius 2 is 1.97 bits per heavy atom. The molecule has 9 heteroatoms. The number of hydrogen-bond donors (Lipinski definition) is 2. The molecule has 1 aliphatic carbocycles. The molecule has 1 saturated carbocycles. The lowest BCUT2D eigenvalue weighted by Gasteiger charge is -2.29. The Balaban J connectivity index is 1.46. The van der Waals surface area contributed by atoms with Crippen LogP contribution in [0.4, 0.5) is 10.5 Å². The van der Waals surface area contributed by atoms with Crippen molar-refractivity contribution in [3.8, 4) is 5.75 Å². The van der Waals surface area contributed by atoms with Crippen molar-refractivity contribution in [1.29, 1.82) is 0 Å². The summed E-state index contributed by atoms with van der Waals surface area (Å²) >= 11 is 0. The fourth-order valence-corrected chi connectivity index (χ4v) is 3.71. The summed E-state index contributed by atoms with van der Waals surface area (Å²) in [6.07, 6.45) is 4.24. The molecule has 0 saturated heterocycles. The minimum absolute atomic E-state index is 0.0328. The average molecular weight is 417 g/mol. The van der Waals surface area contributed by atoms with Gasteiger partial charge in [0.2, 0.25) is 5.91 Å². The summed E-state index contributed by atoms with van der Waals surface area (Å²) in [4.78, 5) is 49.7. The van der Waals surface area contributed by atoms with E-state index in [1.807, 2.05) is 0 Å². The van der Waals surface area contributed by atoms with Gasteiger partial charge < -0.3 is 14.8 Å². The van der Waals surface area contributed by atoms with E-state index < -0.39 is 24.5 Å². The van der Waals surface area contributed by atoms with Gasteiger partial charge in [0.1, 0.15) is 12.3 Å². The third kappa shape index (κ3) is 5.71. The number of benzene rings is 1. The molecule has 2 N–H and O–H groups in total. The van der Waals surface area contributed by atoms with Crippen LogP contribution in [-0.4, -0.2) is 49.6 Å². The molecular weight excluding hydrogens is 390 g/mol. The standard InChI is InChI=1S/C21H27N3O6/c1-14-6-2-3-7-15(14)22-21(28)23-18(25)13-30-20(27)12-24-16-8-4-5-9-17(16)29-11-10-19(24)26/h4-5,8-9,14-15H,2-3,6-7,10-13H2,1H3,(H2,22,23,25,28)/t14-,15+/m1/s1. The summed E-state index contributed by atoms with van der Waals surface area (Å²) in [5, 5.41) is 4.97. The van der Waals surface area contributed by atoms with Crippen LogP contribution in [0.3, 0.4) is 0 Å². The van der Waals surface area contributed by atoms with Gasteiger partial charge >= 0.3 is 12.0 Å². The first-order valence-corrected chi connectivity index (χ1v) is 10.2. The summed E-state index contributed by atoms with van der Waals surface area (Å²) < 4.78 is 10.5. The first-order chi connectivity index (χ1) is 14.4. The summed E-state index contributed by atoms with van der Waals surface area (Å²) in [5.41, 5.74) is 0.474. The molecule has 1 aromatic rings. The molecule has 1 heterocycles. The molecule has 4 amide bonds. The van der Waals surface area contributed by atoms with Crippen molar-refractivity contribution in [2.75, 3.05) is 24.7 Å². The van der Waals surface area contributed by atoms with Crippen LogP contribution in [0.15, 0.2) is 24.3 Å². The highest BCUT2D eigenvalue weighted by Gasteiger charge is 2.26. The number of fused-ring (bicyclic) bond motifs is 1. The fourth-order valence-electron chi connectivity index (χ4n) is 3.71. The summed E-state index contributed by atoms with van der Waals surface area (Å²) in [7, 11) is 0. The zero-order chi connectivity index (χ0) is 21.5. The molecule has 9 nitrogen and oxygen atoms in total. The number of nitrogens with zero attached hydrogens (tertiary/aromatic N) is 1. The second-order valence-electron chi connectivity index (χ2n) is 7.60. The van der Waals surface area contributed by atoms with E-state index in [-0.39, 0.29) is 31.5 Å². The second kappa shape index (κ2) is 10.1. The molecule has 0 bridgehead atoms. The number of carbonyl (C=O) groups excluding carboxylic acids is 4. The Morgan fingerprint density at radius 1 is 1.20 bits per heavy atom. The number of carbonyl (C=O) groups is 4. The van der Waals surface area contributed by atoms with Gasteiger partial charge in [-0.15, -0.1) is 0 Å². The number of esters is 1. The van der Waals surface area contributed by atoms with Crippen molar-refractivity contribution in [2.24, 2.45) is 5.92 Å². The monoisotopic (exact) mass is 417 g/mol. The van der Waals surface area contributed by atoms with Crippen molar-refractivity contribution < 1.29 is 28.7 Å². The molecule has 0 radical (unpaired) electrons. The van der Waals surface area contributed by atoms with Crippen LogP contribution in [0, 0.1) is 5.92 Å². The number of rotatable bonds is 5. The maximum atomic E-state index is 12.3. The van der Waals surface area contributed by atoms with E-state index in [0.29, 0.717) is 17.4 Å². The average Bonchev–Trinajstić information content (AvgIpc) is 2.87. The fraction of sp³-hybridized carbons (Fsp3) is 0.524. The Bertz CT molecular complexity index is 812. The van der Waals surface area contributed by atoms with E-state index in [4.69, 9.17) is 9.47 Å². The minimum atomic E-state index is -0.753. The molecule has 30 heavy (non-hydrogen) atoms. The number of urea groups is 1. The topological polar surface area (TPSA) is 114 Å². The molecule has 162 valence electrons. The number of amides is 4. The Hall–Kier alpha value is -3.10. The van der Waals surface area contributed by atoms with E-state index in [1.54, 1.807) is 24.3 Å². The van der Waals surface area contributed by atoms with Gasteiger partial charge in [0.05, 0.1) is 18.7 Å². The van der Waals surface area contributed by atoms with Gasteiger partial charge in [-0.25, -0.2) is 4.79 Å². The van der Waals surface area contributed by atoms with Crippen LogP contribution in [-0.2, 0) is 19.1 Å². The number of anilines is 1. The van der Waals surface area contributed by atoms with E-state index in [9.17, 15) is 19.2 Å². The van der Waals surface area contributed by atoms with Crippen molar-refractivity contribution >= 4 is 29.5 Å². The lowest BCUT2D eigenvalue weighted by atomic mass is 9.86. The minimum Gasteiger partial charge on any atom is -0.491 e. The number of ether oxygens (including phenoxy) is 2. The van der Waals surface area contributed by atoms with E-state index in [1.165, 1.54) is 4.90 Å². The third-order valence-electron chi connectivity index (χ3n) is 5.36. The van der Waals surface area contributed by atoms with Gasteiger partial charge in [0, 0.05) is 6.04 Å². The molecule has 0 aromatic heterocycles. The van der Waals surface area contributed by atoms with Crippen molar-refractivity contribution in [3.05, 3.63) is 24.3 Å². The number of para-hydroxylation sites is 2. The van der Waals surface area contributed by atoms with E-state index in [0.717, 1.165) is 25.7 Å². The molecule has 2 atom stereocenters. The summed E-state index contributed by atoms with van der Waals surface area (Å²) in [6.45, 7) is 1.34. The maximum absolute atomic E-state index is 12.3. The third-order valence-corrected chi connectivity index (χ3v) is 5.36. The quantitative estimate of drug-likeness (QED) is 0.706. The van der Waals surface area contributed by atoms with E-state index >= 15 is 0 Å². The van der Waals surface area contributed by atoms with Crippen molar-refractivity contribution in [3.63, 3.8) is 0 Å². The molecule has 1 fully saturated rings. The molecule has 3 rings (SSSR count). The first kappa shape index (κ1) is 21.6. The largest absolute Gasteiger partial charge is 0.491 e. The van der Waals surface area contributed by atoms with Gasteiger partial charge in [-0.05, 0) is 30.9 Å². The van der Waals surface area contributed by atoms with Crippen molar-refractivity contribution in [1.82, 2.24) is 10.6 Å². The maximum Gasteiger partial charge on any atom is 0.326 e. The number of imide groups is 1. The van der Waals surface area contributed by atoms with Crippen LogP contribution >= 0.6 is 0 Å². The molecule has 1 aliphatic heterocycles. The van der Waals surface area contributed by atoms with Crippen molar-refractivity contribution in [2.45, 2.75) is 45.1 Å². The summed E-state index contributed by atoms with van der Waals surface area (Å²) in [5.74, 6) is -0.896. The molecule has 2 aliphatic rings. The number of nitrogens with one attached hydrogen (secondary N) is 2. The smallest absolute Gasteiger partial charge is 0.326 e. The summed E-state index contributed by atoms with van der Waals surface area (Å²) in [6, 6.07) is 6.34. The lowest BCUT2D eigenvalue weighted by molar-refractivity contribution is -0.147. The molecule has 0 spiro atoms. The second-order valence-corrected chi connectivity index (χ2v) is 7.60. The first-order valence-electron chi connectivity index (χ1n) is 10.2. The van der Waals surface area contributed by atoms with Crippen LogP contribution in [0.25, 0.3) is 0 Å². The molecule has 1 aromatic carbocycles. The predicted octanol–water partition coefficient (Wildman–Crippen LogP) is 1.75. The van der Waals surface area contributed by atoms with Gasteiger partial charge in [0.25, 0.3) is 5.91 Å². The Kier molecular flexibility index (Phi) is 7.26.